The van der Waals surface area contributed by atoms with E-state index >= 15 is 0 Å². The molecule has 0 saturated heterocycles. The van der Waals surface area contributed by atoms with E-state index in [1.54, 1.807) is 35.7 Å². The molecule has 31 heavy (non-hydrogen) atoms. The summed E-state index contributed by atoms with van der Waals surface area (Å²) < 4.78 is 0. The summed E-state index contributed by atoms with van der Waals surface area (Å²) in [6.45, 7) is 6.14. The number of thioether (sulfide) groups is 1. The lowest BCUT2D eigenvalue weighted by molar-refractivity contribution is -0.140. The van der Waals surface area contributed by atoms with E-state index in [-0.39, 0.29) is 17.9 Å². The number of hydrogen-bond acceptors (Lipinski definition) is 3. The van der Waals surface area contributed by atoms with Gasteiger partial charge in [0.2, 0.25) is 11.8 Å². The topological polar surface area (TPSA) is 49.4 Å². The third kappa shape index (κ3) is 8.76. The van der Waals surface area contributed by atoms with Crippen LogP contribution in [0.15, 0.2) is 53.4 Å². The second-order valence-electron chi connectivity index (χ2n) is 7.55. The highest BCUT2D eigenvalue weighted by Gasteiger charge is 2.26. The molecule has 2 aromatic carbocycles. The van der Waals surface area contributed by atoms with Crippen molar-refractivity contribution in [2.24, 2.45) is 0 Å². The summed E-state index contributed by atoms with van der Waals surface area (Å²) in [4.78, 5) is 28.6. The molecular weight excluding hydrogens is 451 g/mol. The summed E-state index contributed by atoms with van der Waals surface area (Å²) in [6, 6.07) is 14.6. The zero-order valence-corrected chi connectivity index (χ0v) is 20.6. The maximum absolute atomic E-state index is 13.1. The first-order chi connectivity index (χ1) is 14.8. The number of carbonyl (C=O) groups excluding carboxylic acids is 2. The molecule has 2 unspecified atom stereocenters. The molecule has 7 heteroatoms. The Morgan fingerprint density at radius 1 is 1.00 bits per heavy atom. The van der Waals surface area contributed by atoms with Crippen LogP contribution in [0.5, 0.6) is 0 Å². The van der Waals surface area contributed by atoms with Crippen molar-refractivity contribution in [3.63, 3.8) is 0 Å². The molecule has 0 aliphatic rings. The van der Waals surface area contributed by atoms with Crippen molar-refractivity contribution in [3.05, 3.63) is 64.1 Å². The first kappa shape index (κ1) is 25.6. The van der Waals surface area contributed by atoms with Crippen molar-refractivity contribution < 1.29 is 9.59 Å². The van der Waals surface area contributed by atoms with E-state index in [4.69, 9.17) is 23.2 Å². The van der Waals surface area contributed by atoms with Crippen LogP contribution in [0.25, 0.3) is 0 Å². The minimum atomic E-state index is -0.555. The van der Waals surface area contributed by atoms with Gasteiger partial charge < -0.3 is 10.2 Å². The average molecular weight is 481 g/mol. The Balaban J connectivity index is 1.99. The Kier molecular flexibility index (Phi) is 10.7. The fraction of sp³-hybridized carbons (Fsp3) is 0.417. The highest BCUT2D eigenvalue weighted by Crippen LogP contribution is 2.22. The monoisotopic (exact) mass is 480 g/mol. The Hall–Kier alpha value is -1.69. The second kappa shape index (κ2) is 13.0. The molecular formula is C24H30Cl2N2O2S. The summed E-state index contributed by atoms with van der Waals surface area (Å²) in [5.41, 5.74) is 0.941. The van der Waals surface area contributed by atoms with Gasteiger partial charge in [0.15, 0.2) is 0 Å². The number of nitrogens with one attached hydrogen (secondary N) is 1. The third-order valence-corrected chi connectivity index (χ3v) is 6.65. The molecule has 0 aliphatic carbocycles. The van der Waals surface area contributed by atoms with Gasteiger partial charge in [0.1, 0.15) is 6.04 Å². The molecule has 2 atom stereocenters. The fourth-order valence-electron chi connectivity index (χ4n) is 2.92. The third-order valence-electron chi connectivity index (χ3n) is 5.05. The largest absolute Gasteiger partial charge is 0.352 e. The van der Waals surface area contributed by atoms with Gasteiger partial charge in [0, 0.05) is 33.9 Å². The van der Waals surface area contributed by atoms with Gasteiger partial charge in [-0.2, -0.15) is 0 Å². The van der Waals surface area contributed by atoms with E-state index in [0.29, 0.717) is 23.0 Å². The number of benzene rings is 2. The maximum Gasteiger partial charge on any atom is 0.242 e. The first-order valence-electron chi connectivity index (χ1n) is 10.5. The lowest BCUT2D eigenvalue weighted by Gasteiger charge is -2.29. The summed E-state index contributed by atoms with van der Waals surface area (Å²) in [7, 11) is 0. The highest BCUT2D eigenvalue weighted by molar-refractivity contribution is 7.99. The number of carbonyl (C=O) groups is 2. The van der Waals surface area contributed by atoms with Crippen LogP contribution in [0.3, 0.4) is 0 Å². The van der Waals surface area contributed by atoms with E-state index in [0.717, 1.165) is 29.1 Å². The number of nitrogens with zero attached hydrogens (tertiary/aromatic N) is 1. The van der Waals surface area contributed by atoms with Gasteiger partial charge >= 0.3 is 0 Å². The molecule has 0 spiro atoms. The molecule has 0 fully saturated rings. The number of rotatable bonds is 11. The van der Waals surface area contributed by atoms with E-state index in [2.05, 4.69) is 5.32 Å². The van der Waals surface area contributed by atoms with Crippen molar-refractivity contribution >= 4 is 46.8 Å². The molecule has 0 aromatic heterocycles. The quantitative estimate of drug-likeness (QED) is 0.307. The Morgan fingerprint density at radius 3 is 2.16 bits per heavy atom. The molecule has 0 heterocycles. The van der Waals surface area contributed by atoms with Crippen LogP contribution in [0.1, 0.15) is 45.6 Å². The second-order valence-corrected chi connectivity index (χ2v) is 9.59. The predicted molar refractivity (Wildman–Crippen MR) is 131 cm³/mol. The van der Waals surface area contributed by atoms with Gasteiger partial charge in [0.25, 0.3) is 0 Å². The normalized spacial score (nSPS) is 12.8. The van der Waals surface area contributed by atoms with Crippen molar-refractivity contribution in [2.75, 3.05) is 5.75 Å². The van der Waals surface area contributed by atoms with Crippen LogP contribution in [-0.4, -0.2) is 34.6 Å². The van der Waals surface area contributed by atoms with Crippen molar-refractivity contribution in [3.8, 4) is 0 Å². The molecule has 0 radical (unpaired) electrons. The van der Waals surface area contributed by atoms with Gasteiger partial charge in [-0.3, -0.25) is 9.59 Å². The first-order valence-corrected chi connectivity index (χ1v) is 12.3. The highest BCUT2D eigenvalue weighted by atomic mass is 35.5. The zero-order valence-electron chi connectivity index (χ0n) is 18.2. The molecule has 1 N–H and O–H groups in total. The van der Waals surface area contributed by atoms with Gasteiger partial charge in [-0.1, -0.05) is 42.3 Å². The Labute approximate surface area is 199 Å². The minimum Gasteiger partial charge on any atom is -0.352 e. The zero-order chi connectivity index (χ0) is 22.8. The molecule has 2 aromatic rings. The van der Waals surface area contributed by atoms with Crippen LogP contribution in [0.2, 0.25) is 10.0 Å². The molecule has 2 amide bonds. The van der Waals surface area contributed by atoms with Gasteiger partial charge in [-0.15, -0.1) is 11.8 Å². The Bertz CT molecular complexity index is 844. The van der Waals surface area contributed by atoms with Crippen LogP contribution in [0, 0.1) is 0 Å². The van der Waals surface area contributed by atoms with Crippen LogP contribution in [0.4, 0.5) is 0 Å². The standard InChI is InChI=1S/C24H30Cl2N2O2S/c1-4-17(2)27-24(30)18(3)28(16-19-7-9-20(25)10-8-19)23(29)6-5-15-31-22-13-11-21(26)12-14-22/h7-14,17-18H,4-6,15-16H2,1-3H3,(H,27,30). The molecule has 0 bridgehead atoms. The van der Waals surface area contributed by atoms with E-state index in [1.165, 1.54) is 0 Å². The van der Waals surface area contributed by atoms with Crippen LogP contribution < -0.4 is 5.32 Å². The summed E-state index contributed by atoms with van der Waals surface area (Å²) in [6.07, 6.45) is 1.95. The van der Waals surface area contributed by atoms with E-state index in [9.17, 15) is 9.59 Å². The SMILES string of the molecule is CCC(C)NC(=O)C(C)N(Cc1ccc(Cl)cc1)C(=O)CCCSc1ccc(Cl)cc1. The lowest BCUT2D eigenvalue weighted by Crippen LogP contribution is -2.49. The van der Waals surface area contributed by atoms with Crippen LogP contribution >= 0.6 is 35.0 Å². The molecule has 0 saturated carbocycles. The molecule has 0 aliphatic heterocycles. The van der Waals surface area contributed by atoms with Crippen molar-refractivity contribution in [1.82, 2.24) is 10.2 Å². The lowest BCUT2D eigenvalue weighted by atomic mass is 10.1. The summed E-state index contributed by atoms with van der Waals surface area (Å²) in [5.74, 6) is 0.654. The minimum absolute atomic E-state index is 0.0292. The van der Waals surface area contributed by atoms with E-state index in [1.807, 2.05) is 50.2 Å². The summed E-state index contributed by atoms with van der Waals surface area (Å²) in [5, 5.41) is 4.34. The predicted octanol–water partition coefficient (Wildman–Crippen LogP) is 6.20. The van der Waals surface area contributed by atoms with Gasteiger partial charge in [0.05, 0.1) is 0 Å². The average Bonchev–Trinajstić information content (AvgIpc) is 2.76. The smallest absolute Gasteiger partial charge is 0.242 e. The molecule has 2 rings (SSSR count). The number of hydrogen-bond donors (Lipinski definition) is 1. The Morgan fingerprint density at radius 2 is 1.58 bits per heavy atom. The van der Waals surface area contributed by atoms with Gasteiger partial charge in [-0.25, -0.2) is 0 Å². The van der Waals surface area contributed by atoms with Crippen molar-refractivity contribution in [1.29, 1.82) is 0 Å². The number of halogens is 2. The van der Waals surface area contributed by atoms with Gasteiger partial charge in [-0.05, 0) is 74.4 Å². The number of amides is 2. The molecule has 4 nitrogen and oxygen atoms in total. The fourth-order valence-corrected chi connectivity index (χ4v) is 4.03. The molecule has 168 valence electrons. The van der Waals surface area contributed by atoms with E-state index < -0.39 is 6.04 Å². The van der Waals surface area contributed by atoms with Crippen LogP contribution in [-0.2, 0) is 16.1 Å². The summed E-state index contributed by atoms with van der Waals surface area (Å²) >= 11 is 13.6. The maximum atomic E-state index is 13.1. The van der Waals surface area contributed by atoms with Crippen molar-refractivity contribution in [2.45, 2.75) is 63.6 Å².